The van der Waals surface area contributed by atoms with Crippen LogP contribution >= 0.6 is 15.9 Å². The Hall–Kier alpha value is -3.58. The number of carbonyl (C=O) groups excluding carboxylic acids is 4. The lowest BCUT2D eigenvalue weighted by molar-refractivity contribution is -0.147. The Morgan fingerprint density at radius 2 is 1.87 bits per heavy atom. The van der Waals surface area contributed by atoms with Crippen molar-refractivity contribution in [3.63, 3.8) is 0 Å². The van der Waals surface area contributed by atoms with E-state index in [2.05, 4.69) is 31.5 Å². The molecule has 4 N–H and O–H groups in total. The first kappa shape index (κ1) is 30.0. The van der Waals surface area contributed by atoms with Crippen LogP contribution in [-0.4, -0.2) is 54.2 Å². The van der Waals surface area contributed by atoms with E-state index < -0.39 is 42.0 Å². The number of nitrogens with two attached hydrogens (primary N) is 1. The molecule has 0 bridgehead atoms. The molecular weight excluding hydrogens is 579 g/mol. The van der Waals surface area contributed by atoms with Crippen molar-refractivity contribution < 1.29 is 37.8 Å². The summed E-state index contributed by atoms with van der Waals surface area (Å²) in [5.74, 6) is -2.36. The number of ether oxygens (including phenoxy) is 3. The van der Waals surface area contributed by atoms with Crippen LogP contribution in [0.15, 0.2) is 34.9 Å². The topological polar surface area (TPSA) is 159 Å². The van der Waals surface area contributed by atoms with Crippen LogP contribution < -0.4 is 21.1 Å². The lowest BCUT2D eigenvalue weighted by Crippen LogP contribution is -2.37. The molecule has 1 aromatic heterocycles. The van der Waals surface area contributed by atoms with Gasteiger partial charge >= 0.3 is 18.2 Å². The summed E-state index contributed by atoms with van der Waals surface area (Å²) in [5.41, 5.74) is 5.69. The number of hydrogen-bond acceptors (Lipinski definition) is 9. The highest BCUT2D eigenvalue weighted by Gasteiger charge is 2.44. The van der Waals surface area contributed by atoms with Gasteiger partial charge in [-0.25, -0.2) is 19.0 Å². The zero-order valence-corrected chi connectivity index (χ0v) is 23.2. The molecule has 1 fully saturated rings. The smallest absolute Gasteiger partial charge is 0.461 e. The Kier molecular flexibility index (Phi) is 10.4. The molecule has 1 heterocycles. The number of aromatic nitrogens is 1. The van der Waals surface area contributed by atoms with Crippen LogP contribution in [0.2, 0.25) is 0 Å². The molecule has 2 amide bonds. The number of amides is 2. The fourth-order valence-electron chi connectivity index (χ4n) is 3.63. The first-order valence-electron chi connectivity index (χ1n) is 12.3. The van der Waals surface area contributed by atoms with E-state index in [1.54, 1.807) is 32.9 Å². The summed E-state index contributed by atoms with van der Waals surface area (Å²) in [6, 6.07) is 3.82. The quantitative estimate of drug-likeness (QED) is 0.146. The van der Waals surface area contributed by atoms with Gasteiger partial charge in [-0.2, -0.15) is 0 Å². The lowest BCUT2D eigenvalue weighted by atomic mass is 10.00. The second-order valence-corrected chi connectivity index (χ2v) is 10.1. The van der Waals surface area contributed by atoms with Gasteiger partial charge in [0.25, 0.3) is 0 Å². The van der Waals surface area contributed by atoms with E-state index >= 15 is 4.39 Å². The molecule has 13 heteroatoms. The van der Waals surface area contributed by atoms with E-state index in [0.29, 0.717) is 12.2 Å². The molecule has 1 aromatic carbocycles. The molecule has 1 saturated carbocycles. The van der Waals surface area contributed by atoms with Gasteiger partial charge in [0.1, 0.15) is 30.9 Å². The van der Waals surface area contributed by atoms with Crippen LogP contribution in [0, 0.1) is 11.7 Å². The van der Waals surface area contributed by atoms with E-state index in [0.717, 1.165) is 10.5 Å². The van der Waals surface area contributed by atoms with Gasteiger partial charge in [-0.15, -0.1) is 0 Å². The fourth-order valence-corrected chi connectivity index (χ4v) is 3.87. The van der Waals surface area contributed by atoms with E-state index in [9.17, 15) is 19.2 Å². The first-order chi connectivity index (χ1) is 18.5. The second kappa shape index (κ2) is 13.5. The molecule has 1 aliphatic rings. The average molecular weight is 609 g/mol. The number of rotatable bonds is 11. The second-order valence-electron chi connectivity index (χ2n) is 9.16. The summed E-state index contributed by atoms with van der Waals surface area (Å²) in [6.45, 7) is 4.54. The maximum atomic E-state index is 15.0. The molecule has 3 atom stereocenters. The molecule has 2 aromatic rings. The zero-order chi connectivity index (χ0) is 28.7. The van der Waals surface area contributed by atoms with Crippen molar-refractivity contribution in [2.24, 2.45) is 11.7 Å². The van der Waals surface area contributed by atoms with Crippen molar-refractivity contribution in [2.75, 3.05) is 18.5 Å². The van der Waals surface area contributed by atoms with Crippen LogP contribution in [0.25, 0.3) is 0 Å². The van der Waals surface area contributed by atoms with Crippen LogP contribution in [0.1, 0.15) is 55.5 Å². The third kappa shape index (κ3) is 8.20. The minimum atomic E-state index is -1.21. The highest BCUT2D eigenvalue weighted by molar-refractivity contribution is 9.10. The molecule has 11 nitrogen and oxygen atoms in total. The molecule has 1 aliphatic carbocycles. The number of urea groups is 1. The standard InChI is InChI=1S/C26H30BrFN4O7/c1-4-19(33)15-6-7-17(28)21(16-11-18(16)31-25(35)32-20-8-5-14(27)12-30-20)23(15)39-26(36)38-10-9-37-24(34)22(29)13(2)3/h5-8,12-13,16,18,22H,4,9-11,29H2,1-3H3,(H2,30,31,32,35)/t16?,18?,22-/m0/s1. The van der Waals surface area contributed by atoms with Gasteiger partial charge in [-0.1, -0.05) is 20.8 Å². The Labute approximate surface area is 233 Å². The zero-order valence-electron chi connectivity index (χ0n) is 21.7. The lowest BCUT2D eigenvalue weighted by Gasteiger charge is -2.16. The van der Waals surface area contributed by atoms with Crippen LogP contribution in [0.4, 0.5) is 19.8 Å². The fraction of sp³-hybridized carbons (Fsp3) is 0.423. The van der Waals surface area contributed by atoms with Gasteiger partial charge < -0.3 is 25.3 Å². The summed E-state index contributed by atoms with van der Waals surface area (Å²) in [5, 5.41) is 5.30. The summed E-state index contributed by atoms with van der Waals surface area (Å²) in [6.07, 6.45) is 0.742. The van der Waals surface area contributed by atoms with E-state index in [1.165, 1.54) is 12.3 Å². The number of ketones is 1. The number of Topliss-reactive ketones (excluding diaryl/α,β-unsaturated/α-hetero) is 1. The van der Waals surface area contributed by atoms with Crippen molar-refractivity contribution in [1.29, 1.82) is 0 Å². The average Bonchev–Trinajstić information content (AvgIpc) is 3.64. The minimum Gasteiger partial charge on any atom is -0.461 e. The Morgan fingerprint density at radius 3 is 2.51 bits per heavy atom. The van der Waals surface area contributed by atoms with Crippen LogP contribution in [0.5, 0.6) is 5.75 Å². The molecule has 0 aliphatic heterocycles. The maximum Gasteiger partial charge on any atom is 0.514 e. The van der Waals surface area contributed by atoms with E-state index in [1.807, 2.05) is 0 Å². The summed E-state index contributed by atoms with van der Waals surface area (Å²) in [7, 11) is 0. The first-order valence-corrected chi connectivity index (χ1v) is 13.1. The summed E-state index contributed by atoms with van der Waals surface area (Å²) in [4.78, 5) is 53.2. The van der Waals surface area contributed by atoms with Crippen molar-refractivity contribution in [1.82, 2.24) is 10.3 Å². The molecule has 0 spiro atoms. The number of esters is 1. The van der Waals surface area contributed by atoms with E-state index in [4.69, 9.17) is 19.9 Å². The van der Waals surface area contributed by atoms with Crippen molar-refractivity contribution in [3.05, 3.63) is 51.9 Å². The Balaban J connectivity index is 1.66. The molecule has 39 heavy (non-hydrogen) atoms. The predicted molar refractivity (Wildman–Crippen MR) is 142 cm³/mol. The molecule has 3 rings (SSSR count). The van der Waals surface area contributed by atoms with Gasteiger partial charge in [0.2, 0.25) is 0 Å². The maximum absolute atomic E-state index is 15.0. The van der Waals surface area contributed by atoms with Crippen LogP contribution in [-0.2, 0) is 14.3 Å². The van der Waals surface area contributed by atoms with Crippen LogP contribution in [0.3, 0.4) is 0 Å². The Bertz CT molecular complexity index is 1230. The molecule has 2 unspecified atom stereocenters. The predicted octanol–water partition coefficient (Wildman–Crippen LogP) is 4.30. The number of halogens is 2. The van der Waals surface area contributed by atoms with Gasteiger partial charge in [0, 0.05) is 34.6 Å². The van der Waals surface area contributed by atoms with E-state index in [-0.39, 0.29) is 48.2 Å². The van der Waals surface area contributed by atoms with Gasteiger partial charge in [-0.3, -0.25) is 14.9 Å². The molecule has 0 saturated heterocycles. The normalized spacial score (nSPS) is 16.7. The number of nitrogens with zero attached hydrogens (tertiary/aromatic N) is 1. The third-order valence-corrected chi connectivity index (χ3v) is 6.40. The SMILES string of the molecule is CCC(=O)c1ccc(F)c(C2CC2NC(=O)Nc2ccc(Br)cn2)c1OC(=O)OCCOC(=O)[C@@H](N)C(C)C. The monoisotopic (exact) mass is 608 g/mol. The number of anilines is 1. The highest BCUT2D eigenvalue weighted by atomic mass is 79.9. The van der Waals surface area contributed by atoms with Crippen molar-refractivity contribution >= 4 is 45.7 Å². The van der Waals surface area contributed by atoms with Gasteiger partial charge in [0.05, 0.1) is 5.56 Å². The van der Waals surface area contributed by atoms with Crippen molar-refractivity contribution in [3.8, 4) is 5.75 Å². The van der Waals surface area contributed by atoms with Crippen molar-refractivity contribution in [2.45, 2.75) is 51.6 Å². The summed E-state index contributed by atoms with van der Waals surface area (Å²) < 4.78 is 31.0. The number of pyridine rings is 1. The largest absolute Gasteiger partial charge is 0.514 e. The number of hydrogen-bond donors (Lipinski definition) is 3. The third-order valence-electron chi connectivity index (χ3n) is 5.93. The minimum absolute atomic E-state index is 0.00866. The number of nitrogens with one attached hydrogen (secondary N) is 2. The molecule has 210 valence electrons. The molecule has 0 radical (unpaired) electrons. The molecular formula is C26H30BrFN4O7. The number of carbonyl (C=O) groups is 4. The van der Waals surface area contributed by atoms with Gasteiger partial charge in [-0.05, 0) is 52.5 Å². The summed E-state index contributed by atoms with van der Waals surface area (Å²) >= 11 is 3.26. The highest BCUT2D eigenvalue weighted by Crippen LogP contribution is 2.47. The number of benzene rings is 1. The Morgan fingerprint density at radius 1 is 1.15 bits per heavy atom. The van der Waals surface area contributed by atoms with Gasteiger partial charge in [0.15, 0.2) is 11.5 Å².